The average Bonchev–Trinajstić information content (AvgIpc) is 3.08. The van der Waals surface area contributed by atoms with Gasteiger partial charge in [-0.05, 0) is 38.5 Å². The quantitative estimate of drug-likeness (QED) is 0.946. The zero-order chi connectivity index (χ0) is 15.7. The molecule has 1 atom stereocenters. The fourth-order valence-corrected chi connectivity index (χ4v) is 2.73. The number of hydrogen-bond acceptors (Lipinski definition) is 3. The van der Waals surface area contributed by atoms with Crippen molar-refractivity contribution in [3.8, 4) is 5.69 Å². The molecule has 2 heterocycles. The first kappa shape index (κ1) is 14.7. The molecular weight excluding hydrogens is 285 g/mol. The van der Waals surface area contributed by atoms with Crippen LogP contribution in [-0.2, 0) is 4.74 Å². The number of hydrogen-bond donors (Lipinski definition) is 1. The third-order valence-electron chi connectivity index (χ3n) is 3.72. The van der Waals surface area contributed by atoms with Gasteiger partial charge in [0.2, 0.25) is 0 Å². The van der Waals surface area contributed by atoms with Crippen molar-refractivity contribution in [2.45, 2.75) is 31.9 Å². The number of rotatable bonds is 3. The second kappa shape index (κ2) is 5.53. The van der Waals surface area contributed by atoms with Crippen molar-refractivity contribution in [1.82, 2.24) is 15.1 Å². The molecule has 1 saturated heterocycles. The number of nitrogens with one attached hydrogen (secondary N) is 1. The van der Waals surface area contributed by atoms with Crippen LogP contribution in [0.4, 0.5) is 4.39 Å². The maximum atomic E-state index is 14.2. The number of benzene rings is 1. The molecule has 6 heteroatoms. The highest BCUT2D eigenvalue weighted by atomic mass is 19.1. The monoisotopic (exact) mass is 303 g/mol. The number of carbonyl (C=O) groups excluding carboxylic acids is 1. The van der Waals surface area contributed by atoms with Gasteiger partial charge in [0, 0.05) is 12.4 Å². The summed E-state index contributed by atoms with van der Waals surface area (Å²) in [6.07, 6.45) is 3.96. The molecule has 22 heavy (non-hydrogen) atoms. The summed E-state index contributed by atoms with van der Waals surface area (Å²) >= 11 is 0. The van der Waals surface area contributed by atoms with Crippen molar-refractivity contribution in [3.63, 3.8) is 0 Å². The van der Waals surface area contributed by atoms with Gasteiger partial charge >= 0.3 is 0 Å². The van der Waals surface area contributed by atoms with Crippen LogP contribution in [0.25, 0.3) is 5.69 Å². The van der Waals surface area contributed by atoms with Crippen molar-refractivity contribution in [2.24, 2.45) is 0 Å². The molecule has 1 unspecified atom stereocenters. The van der Waals surface area contributed by atoms with Crippen molar-refractivity contribution in [3.05, 3.63) is 48.0 Å². The average molecular weight is 303 g/mol. The van der Waals surface area contributed by atoms with Crippen LogP contribution in [0.3, 0.4) is 0 Å². The van der Waals surface area contributed by atoms with E-state index in [2.05, 4.69) is 10.4 Å². The smallest absolute Gasteiger partial charge is 0.256 e. The van der Waals surface area contributed by atoms with Crippen LogP contribution in [-0.4, -0.2) is 33.9 Å². The molecule has 1 aliphatic rings. The Kier molecular flexibility index (Phi) is 3.70. The first-order chi connectivity index (χ1) is 10.5. The minimum atomic E-state index is -0.566. The molecule has 1 aliphatic heterocycles. The summed E-state index contributed by atoms with van der Waals surface area (Å²) in [5.41, 5.74) is 0.148. The molecular formula is C16H18FN3O2. The van der Waals surface area contributed by atoms with E-state index in [1.165, 1.54) is 10.7 Å². The summed E-state index contributed by atoms with van der Waals surface area (Å²) < 4.78 is 21.3. The molecule has 1 aromatic carbocycles. The van der Waals surface area contributed by atoms with Crippen molar-refractivity contribution in [1.29, 1.82) is 0 Å². The number of ether oxygens (including phenoxy) is 1. The molecule has 1 aromatic heterocycles. The normalized spacial score (nSPS) is 20.0. The topological polar surface area (TPSA) is 56.2 Å². The fraction of sp³-hybridized carbons (Fsp3) is 0.375. The van der Waals surface area contributed by atoms with Gasteiger partial charge in [0.05, 0.1) is 23.9 Å². The maximum absolute atomic E-state index is 14.2. The molecule has 1 fully saturated rings. The van der Waals surface area contributed by atoms with Crippen LogP contribution in [0.15, 0.2) is 36.7 Å². The Hall–Kier alpha value is -2.21. The van der Waals surface area contributed by atoms with E-state index < -0.39 is 11.7 Å². The Balaban J connectivity index is 1.87. The standard InChI is InChI=1S/C16H18FN3O2/c1-16(2)9-11(10-22-16)19-15(21)14-12(17)5-3-6-13(14)20-8-4-7-18-20/h3-8,11H,9-10H2,1-2H3,(H,19,21). The predicted octanol–water partition coefficient (Wildman–Crippen LogP) is 2.31. The van der Waals surface area contributed by atoms with Gasteiger partial charge in [0.15, 0.2) is 0 Å². The van der Waals surface area contributed by atoms with Gasteiger partial charge in [-0.2, -0.15) is 5.10 Å². The highest BCUT2D eigenvalue weighted by Gasteiger charge is 2.33. The summed E-state index contributed by atoms with van der Waals surface area (Å²) in [5, 5.41) is 6.92. The Labute approximate surface area is 128 Å². The second-order valence-electron chi connectivity index (χ2n) is 6.03. The van der Waals surface area contributed by atoms with Crippen LogP contribution in [0, 0.1) is 5.82 Å². The van der Waals surface area contributed by atoms with Crippen LogP contribution >= 0.6 is 0 Å². The highest BCUT2D eigenvalue weighted by molar-refractivity contribution is 5.98. The maximum Gasteiger partial charge on any atom is 0.256 e. The van der Waals surface area contributed by atoms with Gasteiger partial charge < -0.3 is 10.1 Å². The lowest BCUT2D eigenvalue weighted by Crippen LogP contribution is -2.36. The zero-order valence-electron chi connectivity index (χ0n) is 12.5. The lowest BCUT2D eigenvalue weighted by atomic mass is 10.0. The van der Waals surface area contributed by atoms with E-state index in [0.29, 0.717) is 18.7 Å². The van der Waals surface area contributed by atoms with Gasteiger partial charge in [0.25, 0.3) is 5.91 Å². The van der Waals surface area contributed by atoms with Crippen LogP contribution in [0.1, 0.15) is 30.6 Å². The molecule has 116 valence electrons. The summed E-state index contributed by atoms with van der Waals surface area (Å²) in [5.74, 6) is -1.02. The van der Waals surface area contributed by atoms with Crippen molar-refractivity contribution in [2.75, 3.05) is 6.61 Å². The summed E-state index contributed by atoms with van der Waals surface area (Å²) in [4.78, 5) is 12.5. The minimum absolute atomic E-state index is 0.00379. The lowest BCUT2D eigenvalue weighted by Gasteiger charge is -2.17. The number of carbonyl (C=O) groups is 1. The lowest BCUT2D eigenvalue weighted by molar-refractivity contribution is 0.0355. The molecule has 1 N–H and O–H groups in total. The molecule has 5 nitrogen and oxygen atoms in total. The van der Waals surface area contributed by atoms with Crippen LogP contribution in [0.5, 0.6) is 0 Å². The number of halogens is 1. The van der Waals surface area contributed by atoms with Gasteiger partial charge in [-0.3, -0.25) is 4.79 Å². The first-order valence-electron chi connectivity index (χ1n) is 7.20. The van der Waals surface area contributed by atoms with E-state index >= 15 is 0 Å². The summed E-state index contributed by atoms with van der Waals surface area (Å²) in [6.45, 7) is 4.37. The van der Waals surface area contributed by atoms with Crippen molar-refractivity contribution >= 4 is 5.91 Å². The number of aromatic nitrogens is 2. The third kappa shape index (κ3) is 2.87. The Bertz CT molecular complexity index is 683. The molecule has 0 aliphatic carbocycles. The summed E-state index contributed by atoms with van der Waals surface area (Å²) in [7, 11) is 0. The molecule has 1 amide bonds. The van der Waals surface area contributed by atoms with Gasteiger partial charge in [-0.25, -0.2) is 9.07 Å². The van der Waals surface area contributed by atoms with E-state index in [4.69, 9.17) is 4.74 Å². The SMILES string of the molecule is CC1(C)CC(NC(=O)c2c(F)cccc2-n2cccn2)CO1. The number of nitrogens with zero attached hydrogens (tertiary/aromatic N) is 2. The Morgan fingerprint density at radius 3 is 2.91 bits per heavy atom. The van der Waals surface area contributed by atoms with E-state index in [9.17, 15) is 9.18 Å². The first-order valence-corrected chi connectivity index (χ1v) is 7.20. The van der Waals surface area contributed by atoms with Gasteiger partial charge in [0.1, 0.15) is 11.4 Å². The zero-order valence-corrected chi connectivity index (χ0v) is 12.5. The van der Waals surface area contributed by atoms with Crippen LogP contribution in [0.2, 0.25) is 0 Å². The second-order valence-corrected chi connectivity index (χ2v) is 6.03. The Morgan fingerprint density at radius 1 is 1.45 bits per heavy atom. The van der Waals surface area contributed by atoms with E-state index in [1.807, 2.05) is 13.8 Å². The minimum Gasteiger partial charge on any atom is -0.373 e. The molecule has 0 bridgehead atoms. The molecule has 0 radical (unpaired) electrons. The van der Waals surface area contributed by atoms with E-state index in [-0.39, 0.29) is 17.2 Å². The predicted molar refractivity (Wildman–Crippen MR) is 79.4 cm³/mol. The van der Waals surface area contributed by atoms with Crippen LogP contribution < -0.4 is 5.32 Å². The molecule has 3 rings (SSSR count). The fourth-order valence-electron chi connectivity index (χ4n) is 2.73. The van der Waals surface area contributed by atoms with E-state index in [0.717, 1.165) is 0 Å². The number of amides is 1. The highest BCUT2D eigenvalue weighted by Crippen LogP contribution is 2.25. The third-order valence-corrected chi connectivity index (χ3v) is 3.72. The largest absolute Gasteiger partial charge is 0.373 e. The Morgan fingerprint density at radius 2 is 2.27 bits per heavy atom. The van der Waals surface area contributed by atoms with E-state index in [1.54, 1.807) is 30.6 Å². The van der Waals surface area contributed by atoms with Gasteiger partial charge in [-0.1, -0.05) is 6.07 Å². The molecule has 2 aromatic rings. The van der Waals surface area contributed by atoms with Gasteiger partial charge in [-0.15, -0.1) is 0 Å². The molecule has 0 spiro atoms. The van der Waals surface area contributed by atoms with Crippen molar-refractivity contribution < 1.29 is 13.9 Å². The summed E-state index contributed by atoms with van der Waals surface area (Å²) in [6, 6.07) is 6.11. The molecule has 0 saturated carbocycles.